The maximum atomic E-state index is 4.91. The first-order valence-electron chi connectivity index (χ1n) is 9.96. The molecule has 0 saturated carbocycles. The second-order valence-electron chi connectivity index (χ2n) is 7.08. The van der Waals surface area contributed by atoms with Gasteiger partial charge in [0.25, 0.3) is 0 Å². The Morgan fingerprint density at radius 2 is 1.47 bits per heavy atom. The molecule has 6 aromatic heterocycles. The Labute approximate surface area is 209 Å². The van der Waals surface area contributed by atoms with Gasteiger partial charge in [-0.1, -0.05) is 10.3 Å². The van der Waals surface area contributed by atoms with E-state index in [1.54, 1.807) is 12.5 Å². The molecular formula is C22H18BBrN7O2S. The number of aryl methyl sites for hydroxylation is 2. The third-order valence-electron chi connectivity index (χ3n) is 4.95. The minimum atomic E-state index is 0.845. The van der Waals surface area contributed by atoms with Gasteiger partial charge in [0.05, 0.1) is 33.9 Å². The summed E-state index contributed by atoms with van der Waals surface area (Å²) in [5, 5.41) is 9.85. The summed E-state index contributed by atoms with van der Waals surface area (Å²) < 4.78 is 13.5. The fourth-order valence-electron chi connectivity index (χ4n) is 3.28. The molecule has 0 atom stereocenters. The van der Waals surface area contributed by atoms with Crippen molar-refractivity contribution < 1.29 is 9.05 Å². The number of aromatic amines is 2. The average Bonchev–Trinajstić information content (AvgIpc) is 3.62. The summed E-state index contributed by atoms with van der Waals surface area (Å²) in [4.78, 5) is 15.2. The molecule has 34 heavy (non-hydrogen) atoms. The van der Waals surface area contributed by atoms with Crippen LogP contribution in [-0.4, -0.2) is 37.9 Å². The van der Waals surface area contributed by atoms with Crippen molar-refractivity contribution in [2.24, 2.45) is 4.30 Å². The van der Waals surface area contributed by atoms with Gasteiger partial charge in [0.15, 0.2) is 0 Å². The Morgan fingerprint density at radius 1 is 0.882 bits per heavy atom. The SMILES string of the molecule is Cc1nocc1-c1ccc2c(Br)c[nH]c2n1.Cc1nocc1-c1ccc2cc[nH]c2n1.[B]=NS. The Kier molecular flexibility index (Phi) is 7.38. The van der Waals surface area contributed by atoms with Gasteiger partial charge in [0.2, 0.25) is 0 Å². The molecule has 0 aliphatic rings. The molecule has 169 valence electrons. The Hall–Kier alpha value is -3.51. The molecule has 6 aromatic rings. The van der Waals surface area contributed by atoms with Gasteiger partial charge in [0.1, 0.15) is 23.8 Å². The van der Waals surface area contributed by atoms with Gasteiger partial charge >= 0.3 is 24.8 Å². The van der Waals surface area contributed by atoms with E-state index in [1.807, 2.05) is 56.6 Å². The molecule has 0 aliphatic carbocycles. The van der Waals surface area contributed by atoms with E-state index in [0.717, 1.165) is 60.4 Å². The van der Waals surface area contributed by atoms with Crippen molar-refractivity contribution in [1.29, 1.82) is 0 Å². The van der Waals surface area contributed by atoms with E-state index in [2.05, 4.69) is 70.9 Å². The van der Waals surface area contributed by atoms with Gasteiger partial charge in [-0.15, -0.1) is 0 Å². The summed E-state index contributed by atoms with van der Waals surface area (Å²) in [5.41, 5.74) is 7.03. The molecule has 1 radical (unpaired) electrons. The standard InChI is InChI=1S/C11H8BrN3O.C11H9N3O.BHNS/c1-6-8(5-16-15-6)10-3-2-7-9(12)4-13-11(7)14-10;1-7-9(6-15-14-7)10-3-2-8-4-5-12-11(8)13-10;1-2-3/h2-5H,1H3,(H,13,14);2-6H,1H3,(H,12,13);3H. The predicted octanol–water partition coefficient (Wildman–Crippen LogP) is 6.00. The zero-order valence-electron chi connectivity index (χ0n) is 18.2. The number of hydrogen-bond donors (Lipinski definition) is 3. The van der Waals surface area contributed by atoms with E-state index in [0.29, 0.717) is 0 Å². The molecule has 0 amide bonds. The van der Waals surface area contributed by atoms with Crippen LogP contribution in [0.1, 0.15) is 11.4 Å². The summed E-state index contributed by atoms with van der Waals surface area (Å²) in [6.45, 7) is 3.80. The van der Waals surface area contributed by atoms with E-state index in [-0.39, 0.29) is 0 Å². The number of halogens is 1. The van der Waals surface area contributed by atoms with Crippen LogP contribution in [0.3, 0.4) is 0 Å². The zero-order chi connectivity index (χ0) is 24.1. The first-order valence-corrected chi connectivity index (χ1v) is 11.2. The zero-order valence-corrected chi connectivity index (χ0v) is 20.6. The first-order chi connectivity index (χ1) is 16.5. The molecular weight excluding hydrogens is 517 g/mol. The minimum absolute atomic E-state index is 0.845. The number of nitrogens with one attached hydrogen (secondary N) is 2. The molecule has 0 unspecified atom stereocenters. The van der Waals surface area contributed by atoms with Gasteiger partial charge in [-0.25, -0.2) is 9.97 Å². The molecule has 0 fully saturated rings. The van der Waals surface area contributed by atoms with Crippen LogP contribution in [0.15, 0.2) is 73.1 Å². The van der Waals surface area contributed by atoms with Crippen molar-refractivity contribution in [3.63, 3.8) is 0 Å². The van der Waals surface area contributed by atoms with Gasteiger partial charge in [-0.05, 0) is 60.1 Å². The fraction of sp³-hybridized carbons (Fsp3) is 0.0909. The van der Waals surface area contributed by atoms with E-state index in [1.165, 1.54) is 0 Å². The Balaban J connectivity index is 0.000000145. The van der Waals surface area contributed by atoms with E-state index in [9.17, 15) is 0 Å². The number of rotatable bonds is 2. The van der Waals surface area contributed by atoms with Crippen LogP contribution in [0.25, 0.3) is 44.6 Å². The Morgan fingerprint density at radius 3 is 2.06 bits per heavy atom. The topological polar surface area (TPSA) is 122 Å². The van der Waals surface area contributed by atoms with Crippen molar-refractivity contribution in [1.82, 2.24) is 30.2 Å². The maximum absolute atomic E-state index is 4.91. The van der Waals surface area contributed by atoms with Crippen LogP contribution in [0, 0.1) is 13.8 Å². The van der Waals surface area contributed by atoms with Crippen LogP contribution < -0.4 is 0 Å². The summed E-state index contributed by atoms with van der Waals surface area (Å²) in [7, 11) is 4.34. The molecule has 0 spiro atoms. The van der Waals surface area contributed by atoms with Crippen molar-refractivity contribution in [3.05, 3.63) is 71.1 Å². The van der Waals surface area contributed by atoms with Crippen LogP contribution in [0.4, 0.5) is 0 Å². The number of pyridine rings is 2. The number of hydrogen-bond acceptors (Lipinski definition) is 8. The van der Waals surface area contributed by atoms with Crippen molar-refractivity contribution >= 4 is 58.5 Å². The van der Waals surface area contributed by atoms with Crippen LogP contribution in [0.5, 0.6) is 0 Å². The molecule has 12 heteroatoms. The second kappa shape index (κ2) is 10.6. The van der Waals surface area contributed by atoms with E-state index in [4.69, 9.17) is 9.05 Å². The Bertz CT molecular complexity index is 1560. The number of aromatic nitrogens is 6. The molecule has 0 aromatic carbocycles. The molecule has 0 saturated heterocycles. The number of H-pyrrole nitrogens is 2. The van der Waals surface area contributed by atoms with Gasteiger partial charge < -0.3 is 19.0 Å². The third kappa shape index (κ3) is 5.02. The third-order valence-corrected chi connectivity index (χ3v) is 5.61. The van der Waals surface area contributed by atoms with Gasteiger partial charge in [-0.2, -0.15) is 0 Å². The van der Waals surface area contributed by atoms with Crippen LogP contribution in [0.2, 0.25) is 0 Å². The summed E-state index contributed by atoms with van der Waals surface area (Å²) in [6.07, 6.45) is 6.98. The fourth-order valence-corrected chi connectivity index (χ4v) is 3.71. The summed E-state index contributed by atoms with van der Waals surface area (Å²) in [5.74, 6) is 0. The van der Waals surface area contributed by atoms with E-state index < -0.39 is 0 Å². The number of fused-ring (bicyclic) bond motifs is 2. The predicted molar refractivity (Wildman–Crippen MR) is 138 cm³/mol. The monoisotopic (exact) mass is 534 g/mol. The molecule has 0 aliphatic heterocycles. The van der Waals surface area contributed by atoms with Gasteiger partial charge in [-0.3, -0.25) is 0 Å². The quantitative estimate of drug-likeness (QED) is 0.185. The van der Waals surface area contributed by atoms with Crippen LogP contribution in [-0.2, 0) is 0 Å². The van der Waals surface area contributed by atoms with Crippen molar-refractivity contribution in [2.75, 3.05) is 0 Å². The first kappa shape index (κ1) is 23.6. The second-order valence-corrected chi connectivity index (χ2v) is 8.17. The summed E-state index contributed by atoms with van der Waals surface area (Å²) in [6, 6.07) is 9.97. The molecule has 9 nitrogen and oxygen atoms in total. The molecule has 2 N–H and O–H groups in total. The van der Waals surface area contributed by atoms with Crippen molar-refractivity contribution in [2.45, 2.75) is 13.8 Å². The molecule has 6 rings (SSSR count). The van der Waals surface area contributed by atoms with E-state index >= 15 is 0 Å². The molecule has 6 heterocycles. The number of nitrogens with zero attached hydrogens (tertiary/aromatic N) is 5. The van der Waals surface area contributed by atoms with Gasteiger partial charge in [0, 0.05) is 27.6 Å². The average molecular weight is 535 g/mol. The summed E-state index contributed by atoms with van der Waals surface area (Å²) >= 11 is 6.64. The van der Waals surface area contributed by atoms with Crippen LogP contribution >= 0.6 is 28.7 Å². The normalized spacial score (nSPS) is 10.4. The number of thiol groups is 1. The molecule has 0 bridgehead atoms. The van der Waals surface area contributed by atoms with Crippen molar-refractivity contribution in [3.8, 4) is 22.5 Å².